The lowest BCUT2D eigenvalue weighted by Gasteiger charge is -2.41. The van der Waals surface area contributed by atoms with E-state index in [0.29, 0.717) is 12.8 Å². The van der Waals surface area contributed by atoms with Crippen LogP contribution < -0.4 is 0 Å². The van der Waals surface area contributed by atoms with Crippen LogP contribution in [0.2, 0.25) is 0 Å². The highest BCUT2D eigenvalue weighted by Crippen LogP contribution is 2.54. The van der Waals surface area contributed by atoms with Crippen molar-refractivity contribution in [3.8, 4) is 0 Å². The second-order valence-corrected chi connectivity index (χ2v) is 7.27. The summed E-state index contributed by atoms with van der Waals surface area (Å²) in [7, 11) is 0. The topological polar surface area (TPSA) is 162 Å². The van der Waals surface area contributed by atoms with E-state index < -0.39 is 52.8 Å². The second kappa shape index (κ2) is 6.71. The van der Waals surface area contributed by atoms with Gasteiger partial charge in [0.15, 0.2) is 11.6 Å². The molecule has 1 fully saturated rings. The SMILES string of the molecule is CCCCC(=O)C1=CC(=O)C(O)(O)[C@]2(O)O[C@H]3C(=C(C(C)=O)C=C(O)C3O)[C@H]12. The van der Waals surface area contributed by atoms with Crippen molar-refractivity contribution in [1.29, 1.82) is 0 Å². The summed E-state index contributed by atoms with van der Waals surface area (Å²) in [5, 5.41) is 51.7. The normalized spacial score (nSPS) is 33.8. The summed E-state index contributed by atoms with van der Waals surface area (Å²) in [6, 6.07) is 0. The van der Waals surface area contributed by atoms with Crippen LogP contribution in [0.3, 0.4) is 0 Å². The highest BCUT2D eigenvalue weighted by atomic mass is 16.7. The molecule has 152 valence electrons. The van der Waals surface area contributed by atoms with Crippen LogP contribution >= 0.6 is 0 Å². The van der Waals surface area contributed by atoms with Gasteiger partial charge in [-0.2, -0.15) is 0 Å². The van der Waals surface area contributed by atoms with Crippen molar-refractivity contribution in [3.05, 3.63) is 34.6 Å². The number of carbonyl (C=O) groups excluding carboxylic acids is 3. The largest absolute Gasteiger partial charge is 0.509 e. The van der Waals surface area contributed by atoms with Crippen LogP contribution in [0, 0.1) is 5.92 Å². The van der Waals surface area contributed by atoms with Gasteiger partial charge < -0.3 is 30.3 Å². The Morgan fingerprint density at radius 3 is 2.43 bits per heavy atom. The van der Waals surface area contributed by atoms with Crippen molar-refractivity contribution in [1.82, 2.24) is 0 Å². The van der Waals surface area contributed by atoms with Gasteiger partial charge in [-0.15, -0.1) is 0 Å². The fourth-order valence-corrected chi connectivity index (χ4v) is 3.91. The Labute approximate surface area is 160 Å². The molecule has 0 amide bonds. The van der Waals surface area contributed by atoms with Crippen molar-refractivity contribution < 1.29 is 44.7 Å². The monoisotopic (exact) mass is 394 g/mol. The molecular weight excluding hydrogens is 372 g/mol. The number of aliphatic hydroxyl groups excluding tert-OH is 2. The summed E-state index contributed by atoms with van der Waals surface area (Å²) >= 11 is 0. The molecule has 9 nitrogen and oxygen atoms in total. The first kappa shape index (κ1) is 20.6. The van der Waals surface area contributed by atoms with Crippen molar-refractivity contribution >= 4 is 17.3 Å². The van der Waals surface area contributed by atoms with Crippen molar-refractivity contribution in [3.63, 3.8) is 0 Å². The van der Waals surface area contributed by atoms with E-state index in [0.717, 1.165) is 12.2 Å². The molecule has 5 N–H and O–H groups in total. The minimum absolute atomic E-state index is 0.0308. The van der Waals surface area contributed by atoms with E-state index in [-0.39, 0.29) is 23.1 Å². The number of Topliss-reactive ketones (excluding diaryl/α,β-unsaturated/α-hetero) is 2. The molecule has 0 spiro atoms. The van der Waals surface area contributed by atoms with E-state index in [1.165, 1.54) is 6.92 Å². The van der Waals surface area contributed by atoms with Gasteiger partial charge in [-0.1, -0.05) is 13.3 Å². The Bertz CT molecular complexity index is 847. The maximum Gasteiger partial charge on any atom is 0.285 e. The molecule has 1 unspecified atom stereocenters. The molecule has 0 saturated carbocycles. The number of rotatable bonds is 5. The average Bonchev–Trinajstić information content (AvgIpc) is 2.94. The Kier molecular flexibility index (Phi) is 4.93. The number of aliphatic hydroxyl groups is 5. The van der Waals surface area contributed by atoms with Crippen LogP contribution in [0.25, 0.3) is 0 Å². The quantitative estimate of drug-likeness (QED) is 0.381. The third-order valence-corrected chi connectivity index (χ3v) is 5.41. The Hall–Kier alpha value is -2.17. The number of carbonyl (C=O) groups is 3. The number of hydrogen-bond donors (Lipinski definition) is 5. The maximum atomic E-state index is 12.7. The van der Waals surface area contributed by atoms with E-state index in [2.05, 4.69) is 0 Å². The maximum absolute atomic E-state index is 12.7. The highest BCUT2D eigenvalue weighted by molar-refractivity contribution is 6.09. The summed E-state index contributed by atoms with van der Waals surface area (Å²) < 4.78 is 5.27. The summed E-state index contributed by atoms with van der Waals surface area (Å²) in [4.78, 5) is 37.1. The first-order valence-electron chi connectivity index (χ1n) is 8.95. The third kappa shape index (κ3) is 2.70. The highest BCUT2D eigenvalue weighted by Gasteiger charge is 2.70. The van der Waals surface area contributed by atoms with Crippen LogP contribution in [0.1, 0.15) is 33.1 Å². The zero-order valence-electron chi connectivity index (χ0n) is 15.4. The molecular formula is C19H22O9. The van der Waals surface area contributed by atoms with Crippen molar-refractivity contribution in [2.75, 3.05) is 0 Å². The molecule has 9 heteroatoms. The number of ether oxygens (including phenoxy) is 1. The van der Waals surface area contributed by atoms with Crippen LogP contribution in [-0.2, 0) is 19.1 Å². The van der Waals surface area contributed by atoms with Gasteiger partial charge >= 0.3 is 0 Å². The fraction of sp³-hybridized carbons (Fsp3) is 0.526. The molecule has 3 rings (SSSR count). The molecule has 3 aliphatic rings. The van der Waals surface area contributed by atoms with Crippen molar-refractivity contribution in [2.45, 2.75) is 56.9 Å². The number of hydrogen-bond acceptors (Lipinski definition) is 9. The number of fused-ring (bicyclic) bond motifs is 3. The molecule has 0 aromatic rings. The lowest BCUT2D eigenvalue weighted by Crippen LogP contribution is -2.65. The summed E-state index contributed by atoms with van der Waals surface area (Å²) in [6.07, 6.45) is -0.361. The Morgan fingerprint density at radius 1 is 1.21 bits per heavy atom. The van der Waals surface area contributed by atoms with Crippen LogP contribution in [0.5, 0.6) is 0 Å². The second-order valence-electron chi connectivity index (χ2n) is 7.27. The molecule has 1 aliphatic heterocycles. The standard InChI is InChI=1S/C19H22O9/c1-3-4-5-11(21)10-7-13(23)18(25,26)19(27)15(10)14-9(8(2)20)6-12(22)16(24)17(14)28-19/h6-7,15-17,22,24-27H,3-5H2,1-2H3/t15-,16?,17-,19+/m0/s1. The van der Waals surface area contributed by atoms with Gasteiger partial charge in [0.05, 0.1) is 5.92 Å². The van der Waals surface area contributed by atoms with Gasteiger partial charge in [0.1, 0.15) is 18.0 Å². The van der Waals surface area contributed by atoms with E-state index in [4.69, 9.17) is 4.74 Å². The predicted molar refractivity (Wildman–Crippen MR) is 92.5 cm³/mol. The molecule has 0 radical (unpaired) electrons. The molecule has 0 aromatic heterocycles. The van der Waals surface area contributed by atoms with Gasteiger partial charge in [-0.05, 0) is 31.1 Å². The number of ketones is 3. The minimum atomic E-state index is -3.42. The molecule has 1 heterocycles. The zero-order chi connectivity index (χ0) is 21.0. The smallest absolute Gasteiger partial charge is 0.285 e. The van der Waals surface area contributed by atoms with Gasteiger partial charge in [0.25, 0.3) is 5.79 Å². The van der Waals surface area contributed by atoms with Crippen LogP contribution in [0.15, 0.2) is 34.6 Å². The van der Waals surface area contributed by atoms with E-state index in [1.807, 2.05) is 6.92 Å². The van der Waals surface area contributed by atoms with Gasteiger partial charge in [-0.3, -0.25) is 14.4 Å². The lowest BCUT2D eigenvalue weighted by atomic mass is 9.70. The van der Waals surface area contributed by atoms with Crippen LogP contribution in [0.4, 0.5) is 0 Å². The number of allylic oxidation sites excluding steroid dienone is 2. The van der Waals surface area contributed by atoms with Gasteiger partial charge in [0, 0.05) is 17.6 Å². The molecule has 1 saturated heterocycles. The molecule has 0 aromatic carbocycles. The predicted octanol–water partition coefficient (Wildman–Crippen LogP) is -0.659. The molecule has 4 atom stereocenters. The first-order chi connectivity index (χ1) is 13.0. The molecule has 0 bridgehead atoms. The molecule has 28 heavy (non-hydrogen) atoms. The minimum Gasteiger partial charge on any atom is -0.509 e. The van der Waals surface area contributed by atoms with Crippen LogP contribution in [-0.4, -0.2) is 66.7 Å². The summed E-state index contributed by atoms with van der Waals surface area (Å²) in [6.45, 7) is 3.02. The number of unbranched alkanes of at least 4 members (excludes halogenated alkanes) is 1. The Balaban J connectivity index is 2.26. The van der Waals surface area contributed by atoms with E-state index in [1.54, 1.807) is 0 Å². The first-order valence-corrected chi connectivity index (χ1v) is 8.95. The molecule has 2 aliphatic carbocycles. The lowest BCUT2D eigenvalue weighted by molar-refractivity contribution is -0.358. The van der Waals surface area contributed by atoms with E-state index in [9.17, 15) is 39.9 Å². The van der Waals surface area contributed by atoms with E-state index >= 15 is 0 Å². The van der Waals surface area contributed by atoms with Gasteiger partial charge in [0.2, 0.25) is 11.6 Å². The van der Waals surface area contributed by atoms with Crippen molar-refractivity contribution in [2.24, 2.45) is 5.92 Å². The zero-order valence-corrected chi connectivity index (χ0v) is 15.4. The summed E-state index contributed by atoms with van der Waals surface area (Å²) in [5.41, 5.74) is -0.470. The Morgan fingerprint density at radius 2 is 1.86 bits per heavy atom. The third-order valence-electron chi connectivity index (χ3n) is 5.41. The fourth-order valence-electron chi connectivity index (χ4n) is 3.91. The van der Waals surface area contributed by atoms with Gasteiger partial charge in [-0.25, -0.2) is 0 Å². The average molecular weight is 394 g/mol. The summed E-state index contributed by atoms with van der Waals surface area (Å²) in [5.74, 6) is -11.1.